The Bertz CT molecular complexity index is 433. The Morgan fingerprint density at radius 3 is 2.47 bits per heavy atom. The summed E-state index contributed by atoms with van der Waals surface area (Å²) in [5, 5.41) is 26.8. The van der Waals surface area contributed by atoms with E-state index in [1.165, 1.54) is 6.07 Å². The fraction of sp³-hybridized carbons (Fsp3) is 0.300. The summed E-state index contributed by atoms with van der Waals surface area (Å²) in [5.41, 5.74) is -0.679. The number of alkyl halides is 2. The van der Waals surface area contributed by atoms with Crippen LogP contribution in [0, 0.1) is 17.1 Å². The second kappa shape index (κ2) is 5.52. The normalized spacial score (nSPS) is 14.2. The third-order valence-corrected chi connectivity index (χ3v) is 1.96. The Kier molecular flexibility index (Phi) is 4.31. The van der Waals surface area contributed by atoms with Gasteiger partial charge < -0.3 is 14.9 Å². The first kappa shape index (κ1) is 13.3. The highest BCUT2D eigenvalue weighted by atomic mass is 19.3. The molecule has 0 spiro atoms. The van der Waals surface area contributed by atoms with Gasteiger partial charge in [-0.2, -0.15) is 14.0 Å². The van der Waals surface area contributed by atoms with Gasteiger partial charge in [0.25, 0.3) is 0 Å². The van der Waals surface area contributed by atoms with Crippen molar-refractivity contribution in [3.8, 4) is 11.8 Å². The average molecular weight is 247 g/mol. The van der Waals surface area contributed by atoms with Crippen molar-refractivity contribution in [3.63, 3.8) is 0 Å². The van der Waals surface area contributed by atoms with E-state index in [1.54, 1.807) is 0 Å². The van der Waals surface area contributed by atoms with Crippen molar-refractivity contribution < 1.29 is 28.1 Å². The second-order valence-corrected chi connectivity index (χ2v) is 3.05. The topological polar surface area (TPSA) is 73.5 Å². The van der Waals surface area contributed by atoms with Gasteiger partial charge in [-0.3, -0.25) is 0 Å². The summed E-state index contributed by atoms with van der Waals surface area (Å²) >= 11 is 0. The van der Waals surface area contributed by atoms with Crippen molar-refractivity contribution in [1.82, 2.24) is 0 Å². The molecule has 4 nitrogen and oxygen atoms in total. The number of nitrogens with zero attached hydrogens (tertiary/aromatic N) is 1. The van der Waals surface area contributed by atoms with Crippen LogP contribution in [0.1, 0.15) is 11.7 Å². The summed E-state index contributed by atoms with van der Waals surface area (Å²) in [6.45, 7) is -3.21. The maximum Gasteiger partial charge on any atom is 0.387 e. The molecule has 0 fully saturated rings. The molecule has 2 atom stereocenters. The number of aliphatic hydroxyl groups excluding tert-OH is 2. The number of aliphatic hydroxyl groups is 2. The first-order chi connectivity index (χ1) is 7.97. The van der Waals surface area contributed by atoms with Crippen molar-refractivity contribution in [2.75, 3.05) is 0 Å². The minimum Gasteiger partial charge on any atom is -0.434 e. The number of nitriles is 1. The standard InChI is InChI=1S/C10H8F3NO3/c11-5-2-1-3-7(17-10(12)13)8(5)9(16)6(15)4-14/h1-3,6,9-10,15-16H. The second-order valence-electron chi connectivity index (χ2n) is 3.05. The quantitative estimate of drug-likeness (QED) is 0.787. The molecule has 0 amide bonds. The van der Waals surface area contributed by atoms with Crippen LogP contribution in [-0.2, 0) is 0 Å². The molecular weight excluding hydrogens is 239 g/mol. The van der Waals surface area contributed by atoms with Crippen LogP contribution >= 0.6 is 0 Å². The number of ether oxygens (including phenoxy) is 1. The van der Waals surface area contributed by atoms with Gasteiger partial charge in [-0.25, -0.2) is 4.39 Å². The summed E-state index contributed by atoms with van der Waals surface area (Å²) in [5.74, 6) is -1.67. The predicted octanol–water partition coefficient (Wildman–Crippen LogP) is 1.34. The molecule has 0 aliphatic heterocycles. The van der Waals surface area contributed by atoms with Crippen molar-refractivity contribution in [2.24, 2.45) is 0 Å². The fourth-order valence-electron chi connectivity index (χ4n) is 1.23. The highest BCUT2D eigenvalue weighted by Gasteiger charge is 2.26. The zero-order chi connectivity index (χ0) is 13.0. The SMILES string of the molecule is N#CC(O)C(O)c1c(F)cccc1OC(F)F. The molecule has 92 valence electrons. The summed E-state index contributed by atoms with van der Waals surface area (Å²) in [4.78, 5) is 0. The minimum absolute atomic E-state index is 0.623. The first-order valence-electron chi connectivity index (χ1n) is 4.46. The first-order valence-corrected chi connectivity index (χ1v) is 4.46. The molecule has 0 saturated heterocycles. The van der Waals surface area contributed by atoms with Gasteiger partial charge in [0.2, 0.25) is 0 Å². The van der Waals surface area contributed by atoms with E-state index in [-0.39, 0.29) is 0 Å². The van der Waals surface area contributed by atoms with Crippen LogP contribution in [0.3, 0.4) is 0 Å². The largest absolute Gasteiger partial charge is 0.434 e. The highest BCUT2D eigenvalue weighted by Crippen LogP contribution is 2.30. The fourth-order valence-corrected chi connectivity index (χ4v) is 1.23. The average Bonchev–Trinajstić information content (AvgIpc) is 2.26. The van der Waals surface area contributed by atoms with E-state index in [2.05, 4.69) is 4.74 Å². The van der Waals surface area contributed by atoms with E-state index in [9.17, 15) is 18.3 Å². The van der Waals surface area contributed by atoms with Crippen molar-refractivity contribution in [3.05, 3.63) is 29.6 Å². The van der Waals surface area contributed by atoms with Crippen molar-refractivity contribution in [1.29, 1.82) is 5.26 Å². The lowest BCUT2D eigenvalue weighted by molar-refractivity contribution is -0.0532. The van der Waals surface area contributed by atoms with E-state index in [0.717, 1.165) is 18.2 Å². The number of hydrogen-bond donors (Lipinski definition) is 2. The summed E-state index contributed by atoms with van der Waals surface area (Å²) in [6.07, 6.45) is -3.90. The zero-order valence-electron chi connectivity index (χ0n) is 8.35. The Morgan fingerprint density at radius 2 is 1.94 bits per heavy atom. The third-order valence-electron chi connectivity index (χ3n) is 1.96. The van der Waals surface area contributed by atoms with Crippen molar-refractivity contribution >= 4 is 0 Å². The molecule has 0 heterocycles. The summed E-state index contributed by atoms with van der Waals surface area (Å²) in [6, 6.07) is 4.25. The molecule has 0 saturated carbocycles. The maximum atomic E-state index is 13.3. The van der Waals surface area contributed by atoms with Gasteiger partial charge in [0.05, 0.1) is 11.6 Å². The Hall–Kier alpha value is -1.78. The van der Waals surface area contributed by atoms with Crippen LogP contribution in [0.4, 0.5) is 13.2 Å². The van der Waals surface area contributed by atoms with Crippen molar-refractivity contribution in [2.45, 2.75) is 18.8 Å². The molecule has 0 radical (unpaired) electrons. The van der Waals surface area contributed by atoms with Crippen LogP contribution in [0.15, 0.2) is 18.2 Å². The van der Waals surface area contributed by atoms with Crippen LogP contribution in [-0.4, -0.2) is 22.9 Å². The molecule has 0 aromatic heterocycles. The lowest BCUT2D eigenvalue weighted by atomic mass is 10.0. The lowest BCUT2D eigenvalue weighted by Crippen LogP contribution is -2.19. The van der Waals surface area contributed by atoms with Gasteiger partial charge in [0.15, 0.2) is 6.10 Å². The number of hydrogen-bond acceptors (Lipinski definition) is 4. The Morgan fingerprint density at radius 1 is 1.29 bits per heavy atom. The van der Waals surface area contributed by atoms with Gasteiger partial charge >= 0.3 is 6.61 Å². The monoisotopic (exact) mass is 247 g/mol. The van der Waals surface area contributed by atoms with Crippen LogP contribution in [0.2, 0.25) is 0 Å². The summed E-state index contributed by atoms with van der Waals surface area (Å²) < 4.78 is 41.4. The van der Waals surface area contributed by atoms with E-state index in [4.69, 9.17) is 10.4 Å². The van der Waals surface area contributed by atoms with E-state index in [1.807, 2.05) is 0 Å². The molecule has 17 heavy (non-hydrogen) atoms. The van der Waals surface area contributed by atoms with Crippen LogP contribution in [0.25, 0.3) is 0 Å². The molecule has 1 aromatic rings. The van der Waals surface area contributed by atoms with E-state index >= 15 is 0 Å². The molecule has 0 aliphatic carbocycles. The molecule has 2 unspecified atom stereocenters. The molecular formula is C10H8F3NO3. The Balaban J connectivity index is 3.16. The minimum atomic E-state index is -3.21. The molecule has 1 aromatic carbocycles. The van der Waals surface area contributed by atoms with Gasteiger partial charge in [-0.1, -0.05) is 6.07 Å². The predicted molar refractivity (Wildman–Crippen MR) is 49.6 cm³/mol. The van der Waals surface area contributed by atoms with E-state index < -0.39 is 35.9 Å². The zero-order valence-corrected chi connectivity index (χ0v) is 8.35. The maximum absolute atomic E-state index is 13.3. The molecule has 2 N–H and O–H groups in total. The molecule has 0 bridgehead atoms. The third kappa shape index (κ3) is 3.09. The highest BCUT2D eigenvalue weighted by molar-refractivity contribution is 5.37. The number of benzene rings is 1. The number of halogens is 3. The van der Waals surface area contributed by atoms with Crippen LogP contribution < -0.4 is 4.74 Å². The van der Waals surface area contributed by atoms with Gasteiger partial charge in [0, 0.05) is 0 Å². The molecule has 7 heteroatoms. The summed E-state index contributed by atoms with van der Waals surface area (Å²) in [7, 11) is 0. The smallest absolute Gasteiger partial charge is 0.387 e. The van der Waals surface area contributed by atoms with E-state index in [0.29, 0.717) is 0 Å². The lowest BCUT2D eigenvalue weighted by Gasteiger charge is -2.17. The van der Waals surface area contributed by atoms with Crippen LogP contribution in [0.5, 0.6) is 5.75 Å². The molecule has 1 rings (SSSR count). The molecule has 0 aliphatic rings. The van der Waals surface area contributed by atoms with Gasteiger partial charge in [-0.05, 0) is 12.1 Å². The number of rotatable bonds is 4. The Labute approximate surface area is 94.5 Å². The van der Waals surface area contributed by atoms with Gasteiger partial charge in [-0.15, -0.1) is 0 Å². The van der Waals surface area contributed by atoms with Gasteiger partial charge in [0.1, 0.15) is 17.7 Å².